The van der Waals surface area contributed by atoms with Gasteiger partial charge in [0.1, 0.15) is 5.75 Å². The highest BCUT2D eigenvalue weighted by molar-refractivity contribution is 5.92. The summed E-state index contributed by atoms with van der Waals surface area (Å²) >= 11 is 0. The number of carbonyl (C=O) groups excluding carboxylic acids is 2. The third-order valence-electron chi connectivity index (χ3n) is 6.40. The van der Waals surface area contributed by atoms with Crippen molar-refractivity contribution >= 4 is 11.8 Å². The number of nitrogens with zero attached hydrogens (tertiary/aromatic N) is 1. The Morgan fingerprint density at radius 1 is 1.03 bits per heavy atom. The highest BCUT2D eigenvalue weighted by atomic mass is 16.5. The van der Waals surface area contributed by atoms with Crippen molar-refractivity contribution in [3.63, 3.8) is 0 Å². The lowest BCUT2D eigenvalue weighted by Crippen LogP contribution is -2.44. The summed E-state index contributed by atoms with van der Waals surface area (Å²) in [6, 6.07) is 17.6. The Kier molecular flexibility index (Phi) is 6.07. The molecule has 1 unspecified atom stereocenters. The van der Waals surface area contributed by atoms with Gasteiger partial charge < -0.3 is 15.0 Å². The minimum atomic E-state index is -0.472. The Bertz CT molecular complexity index is 875. The van der Waals surface area contributed by atoms with Gasteiger partial charge in [0.2, 0.25) is 11.8 Å². The van der Waals surface area contributed by atoms with E-state index in [0.717, 1.165) is 49.0 Å². The van der Waals surface area contributed by atoms with Gasteiger partial charge in [-0.1, -0.05) is 42.5 Å². The molecule has 2 aromatic carbocycles. The molecular weight excluding hydrogens is 376 g/mol. The van der Waals surface area contributed by atoms with Gasteiger partial charge in [0, 0.05) is 13.1 Å². The first-order chi connectivity index (χ1) is 14.6. The number of nitrogens with one attached hydrogen (secondary N) is 1. The SMILES string of the molecule is COc1ccc(C2(C(=O)N3CCCCCNC(=O)CC3c3ccccc3)CC2)cc1. The first-order valence-corrected chi connectivity index (χ1v) is 10.9. The zero-order chi connectivity index (χ0) is 21.0. The zero-order valence-corrected chi connectivity index (χ0v) is 17.6. The van der Waals surface area contributed by atoms with E-state index in [1.54, 1.807) is 7.11 Å². The molecule has 158 valence electrons. The second-order valence-corrected chi connectivity index (χ2v) is 8.35. The maximum atomic E-state index is 14.0. The number of rotatable bonds is 4. The Morgan fingerprint density at radius 2 is 1.77 bits per heavy atom. The average Bonchev–Trinajstić information content (AvgIpc) is 3.60. The van der Waals surface area contributed by atoms with Gasteiger partial charge in [-0.05, 0) is 55.4 Å². The maximum absolute atomic E-state index is 14.0. The van der Waals surface area contributed by atoms with E-state index in [4.69, 9.17) is 4.74 Å². The summed E-state index contributed by atoms with van der Waals surface area (Å²) in [5.41, 5.74) is 1.59. The molecule has 5 nitrogen and oxygen atoms in total. The van der Waals surface area contributed by atoms with Crippen molar-refractivity contribution in [3.8, 4) is 5.75 Å². The van der Waals surface area contributed by atoms with Crippen molar-refractivity contribution in [1.82, 2.24) is 10.2 Å². The fourth-order valence-electron chi connectivity index (χ4n) is 4.48. The minimum Gasteiger partial charge on any atom is -0.497 e. The third-order valence-corrected chi connectivity index (χ3v) is 6.40. The Balaban J connectivity index is 1.67. The van der Waals surface area contributed by atoms with Crippen LogP contribution in [-0.4, -0.2) is 36.9 Å². The molecule has 5 heteroatoms. The van der Waals surface area contributed by atoms with Crippen LogP contribution in [0.5, 0.6) is 5.75 Å². The van der Waals surface area contributed by atoms with Crippen LogP contribution in [0.4, 0.5) is 0 Å². The smallest absolute Gasteiger partial charge is 0.233 e. The lowest BCUT2D eigenvalue weighted by molar-refractivity contribution is -0.138. The van der Waals surface area contributed by atoms with E-state index in [9.17, 15) is 9.59 Å². The van der Waals surface area contributed by atoms with Gasteiger partial charge in [-0.25, -0.2) is 0 Å². The van der Waals surface area contributed by atoms with E-state index in [2.05, 4.69) is 5.32 Å². The van der Waals surface area contributed by atoms with Crippen LogP contribution in [0.15, 0.2) is 54.6 Å². The van der Waals surface area contributed by atoms with E-state index >= 15 is 0 Å². The van der Waals surface area contributed by atoms with Crippen LogP contribution in [0.1, 0.15) is 55.7 Å². The minimum absolute atomic E-state index is 0.0119. The van der Waals surface area contributed by atoms with Crippen LogP contribution in [-0.2, 0) is 15.0 Å². The largest absolute Gasteiger partial charge is 0.497 e. The number of benzene rings is 2. The number of ether oxygens (including phenoxy) is 1. The molecule has 30 heavy (non-hydrogen) atoms. The van der Waals surface area contributed by atoms with Crippen molar-refractivity contribution in [3.05, 3.63) is 65.7 Å². The first kappa shape index (κ1) is 20.5. The van der Waals surface area contributed by atoms with E-state index < -0.39 is 5.41 Å². The molecule has 1 N–H and O–H groups in total. The number of hydrogen-bond donors (Lipinski definition) is 1. The monoisotopic (exact) mass is 406 g/mol. The molecule has 1 aliphatic heterocycles. The second kappa shape index (κ2) is 8.90. The van der Waals surface area contributed by atoms with Gasteiger partial charge >= 0.3 is 0 Å². The Hall–Kier alpha value is -2.82. The lowest BCUT2D eigenvalue weighted by Gasteiger charge is -2.36. The van der Waals surface area contributed by atoms with E-state index in [1.165, 1.54) is 0 Å². The Labute approximate surface area is 178 Å². The predicted octanol–water partition coefficient (Wildman–Crippen LogP) is 3.99. The average molecular weight is 407 g/mol. The van der Waals surface area contributed by atoms with E-state index in [0.29, 0.717) is 19.5 Å². The molecular formula is C25H30N2O3. The fraction of sp³-hybridized carbons (Fsp3) is 0.440. The molecule has 2 aliphatic rings. The second-order valence-electron chi connectivity index (χ2n) is 8.35. The molecule has 1 atom stereocenters. The van der Waals surface area contributed by atoms with Crippen LogP contribution in [0.2, 0.25) is 0 Å². The molecule has 1 heterocycles. The fourth-order valence-corrected chi connectivity index (χ4v) is 4.48. The van der Waals surface area contributed by atoms with Gasteiger partial charge in [0.15, 0.2) is 0 Å². The van der Waals surface area contributed by atoms with Crippen molar-refractivity contribution in [2.45, 2.75) is 50.0 Å². The van der Waals surface area contributed by atoms with Gasteiger partial charge in [0.25, 0.3) is 0 Å². The van der Waals surface area contributed by atoms with Crippen LogP contribution in [0.25, 0.3) is 0 Å². The standard InChI is InChI=1S/C25H30N2O3/c1-30-21-12-10-20(11-13-21)25(14-15-25)24(29)27-17-7-3-6-16-26-23(28)18-22(27)19-8-4-2-5-9-19/h2,4-5,8-13,22H,3,6-7,14-18H2,1H3,(H,26,28). The first-order valence-electron chi connectivity index (χ1n) is 10.9. The lowest BCUT2D eigenvalue weighted by atomic mass is 9.91. The normalized spacial score (nSPS) is 21.4. The number of amides is 2. The van der Waals surface area contributed by atoms with Gasteiger partial charge in [0.05, 0.1) is 25.0 Å². The molecule has 0 bridgehead atoms. The Morgan fingerprint density at radius 3 is 2.43 bits per heavy atom. The van der Waals surface area contributed by atoms with Crippen molar-refractivity contribution in [1.29, 1.82) is 0 Å². The molecule has 2 amide bonds. The summed E-state index contributed by atoms with van der Waals surface area (Å²) < 4.78 is 5.28. The number of methoxy groups -OCH3 is 1. The summed E-state index contributed by atoms with van der Waals surface area (Å²) in [7, 11) is 1.65. The van der Waals surface area contributed by atoms with Gasteiger partial charge in [-0.2, -0.15) is 0 Å². The van der Waals surface area contributed by atoms with Crippen molar-refractivity contribution in [2.24, 2.45) is 0 Å². The molecule has 1 saturated carbocycles. The highest BCUT2D eigenvalue weighted by Crippen LogP contribution is 2.51. The third kappa shape index (κ3) is 4.20. The molecule has 1 saturated heterocycles. The topological polar surface area (TPSA) is 58.6 Å². The number of hydrogen-bond acceptors (Lipinski definition) is 3. The number of carbonyl (C=O) groups is 2. The quantitative estimate of drug-likeness (QED) is 0.835. The van der Waals surface area contributed by atoms with Gasteiger partial charge in [-0.15, -0.1) is 0 Å². The summed E-state index contributed by atoms with van der Waals surface area (Å²) in [6.07, 6.45) is 4.90. The highest BCUT2D eigenvalue weighted by Gasteiger charge is 2.54. The van der Waals surface area contributed by atoms with Crippen LogP contribution >= 0.6 is 0 Å². The summed E-state index contributed by atoms with van der Waals surface area (Å²) in [5, 5.41) is 3.02. The molecule has 0 spiro atoms. The zero-order valence-electron chi connectivity index (χ0n) is 17.6. The van der Waals surface area contributed by atoms with Crippen molar-refractivity contribution < 1.29 is 14.3 Å². The van der Waals surface area contributed by atoms with Gasteiger partial charge in [-0.3, -0.25) is 9.59 Å². The predicted molar refractivity (Wildman–Crippen MR) is 116 cm³/mol. The summed E-state index contributed by atoms with van der Waals surface area (Å²) in [4.78, 5) is 28.5. The molecule has 1 aliphatic carbocycles. The molecule has 4 rings (SSSR count). The summed E-state index contributed by atoms with van der Waals surface area (Å²) in [5.74, 6) is 0.951. The molecule has 0 aromatic heterocycles. The molecule has 2 fully saturated rings. The maximum Gasteiger partial charge on any atom is 0.233 e. The molecule has 0 radical (unpaired) electrons. The van der Waals surface area contributed by atoms with E-state index in [-0.39, 0.29) is 17.9 Å². The van der Waals surface area contributed by atoms with Crippen LogP contribution in [0, 0.1) is 0 Å². The van der Waals surface area contributed by atoms with E-state index in [1.807, 2.05) is 59.5 Å². The van der Waals surface area contributed by atoms with Crippen LogP contribution in [0.3, 0.4) is 0 Å². The van der Waals surface area contributed by atoms with Crippen LogP contribution < -0.4 is 10.1 Å². The van der Waals surface area contributed by atoms with Crippen molar-refractivity contribution in [2.75, 3.05) is 20.2 Å². The molecule has 2 aromatic rings. The summed E-state index contributed by atoms with van der Waals surface area (Å²) in [6.45, 7) is 1.40.